The normalized spacial score (nSPS) is 13.3. The first kappa shape index (κ1) is 24.7. The van der Waals surface area contributed by atoms with E-state index in [1.165, 1.54) is 0 Å². The lowest BCUT2D eigenvalue weighted by Gasteiger charge is -2.14. The van der Waals surface area contributed by atoms with Crippen molar-refractivity contribution in [3.8, 4) is 73.2 Å². The van der Waals surface area contributed by atoms with Crippen LogP contribution in [0.3, 0.4) is 0 Å². The van der Waals surface area contributed by atoms with Crippen molar-refractivity contribution in [2.24, 2.45) is 0 Å². The van der Waals surface area contributed by atoms with Crippen LogP contribution in [0.25, 0.3) is 95.0 Å². The first-order valence-corrected chi connectivity index (χ1v) is 17.9. The van der Waals surface area contributed by atoms with Gasteiger partial charge in [-0.2, -0.15) is 0 Å². The van der Waals surface area contributed by atoms with Crippen LogP contribution >= 0.6 is 0 Å². The zero-order valence-corrected chi connectivity index (χ0v) is 29.3. The minimum absolute atomic E-state index is 0.0359. The van der Waals surface area contributed by atoms with Crippen molar-refractivity contribution >= 4 is 21.8 Å². The molecule has 2 heterocycles. The second kappa shape index (κ2) is 13.8. The lowest BCUT2D eigenvalue weighted by Crippen LogP contribution is -2.00. The number of hydrogen-bond donors (Lipinski definition) is 0. The van der Waals surface area contributed by atoms with Crippen molar-refractivity contribution in [1.82, 2.24) is 19.5 Å². The summed E-state index contributed by atoms with van der Waals surface area (Å²) >= 11 is 0. The summed E-state index contributed by atoms with van der Waals surface area (Å²) < 4.78 is 71.6. The molecule has 0 saturated heterocycles. The molecular formula is C51H34N4. The predicted molar refractivity (Wildman–Crippen MR) is 227 cm³/mol. The van der Waals surface area contributed by atoms with E-state index in [0.29, 0.717) is 23.2 Å². The van der Waals surface area contributed by atoms with Gasteiger partial charge in [0.25, 0.3) is 0 Å². The summed E-state index contributed by atoms with van der Waals surface area (Å²) in [5.74, 6) is 1.74. The van der Waals surface area contributed by atoms with E-state index in [4.69, 9.17) is 25.9 Å². The molecule has 0 N–H and O–H groups in total. The highest BCUT2D eigenvalue weighted by Crippen LogP contribution is 2.37. The largest absolute Gasteiger partial charge is 0.309 e. The number of para-hydroxylation sites is 2. The molecule has 0 amide bonds. The molecule has 0 unspecified atom stereocenters. The Morgan fingerprint density at radius 3 is 1.09 bits per heavy atom. The molecule has 0 bridgehead atoms. The molecule has 258 valence electrons. The fourth-order valence-electron chi connectivity index (χ4n) is 6.99. The third-order valence-corrected chi connectivity index (χ3v) is 9.71. The molecule has 0 radical (unpaired) electrons. The average molecular weight is 711 g/mol. The standard InChI is InChI=1S/C51H34N4/c1-4-14-35(15-5-1)42-32-43(34-44(33-42)55-47-22-12-10-20-45(47)46-21-11-13-23-48(46)55)38-26-24-36(25-27-38)37-28-30-41(31-29-37)51-53-49(39-16-6-2-7-17-39)52-50(54-51)40-18-8-3-9-19-40/h1-34H/i10D,11D,12D,13D,20D,21D,22D,23D. The van der Waals surface area contributed by atoms with E-state index in [-0.39, 0.29) is 46.0 Å². The van der Waals surface area contributed by atoms with Crippen molar-refractivity contribution in [2.45, 2.75) is 0 Å². The average Bonchev–Trinajstić information content (AvgIpc) is 3.71. The van der Waals surface area contributed by atoms with Gasteiger partial charge < -0.3 is 4.57 Å². The molecule has 10 aromatic rings. The Balaban J connectivity index is 1.08. The van der Waals surface area contributed by atoms with Crippen molar-refractivity contribution in [3.63, 3.8) is 0 Å². The van der Waals surface area contributed by atoms with E-state index < -0.39 is 24.2 Å². The fourth-order valence-corrected chi connectivity index (χ4v) is 6.99. The maximum atomic E-state index is 9.05. The molecular weight excluding hydrogens is 669 g/mol. The van der Waals surface area contributed by atoms with E-state index >= 15 is 0 Å². The van der Waals surface area contributed by atoms with Crippen molar-refractivity contribution < 1.29 is 11.0 Å². The van der Waals surface area contributed by atoms with Crippen LogP contribution in [0.4, 0.5) is 0 Å². The number of benzene rings is 8. The SMILES string of the molecule is [2H]c1c([2H])c([2H])c2c(c1[2H])c1c([2H])c([2H])c([2H])c([2H])c1n2-c1cc(-c2ccccc2)cc(-c2ccc(-c3ccc(-c4nc(-c5ccccc5)nc(-c5ccccc5)n4)cc3)cc2)c1. The minimum Gasteiger partial charge on any atom is -0.309 e. The maximum Gasteiger partial charge on any atom is 0.164 e. The summed E-state index contributed by atoms with van der Waals surface area (Å²) in [5, 5.41) is 0.0718. The highest BCUT2D eigenvalue weighted by molar-refractivity contribution is 6.09. The van der Waals surface area contributed by atoms with Crippen LogP contribution in [0.5, 0.6) is 0 Å². The minimum atomic E-state index is -0.479. The third-order valence-electron chi connectivity index (χ3n) is 9.71. The molecule has 0 aliphatic carbocycles. The van der Waals surface area contributed by atoms with E-state index in [1.54, 1.807) is 4.57 Å². The van der Waals surface area contributed by atoms with Gasteiger partial charge in [-0.1, -0.05) is 176 Å². The summed E-state index contributed by atoms with van der Waals surface area (Å²) in [5.41, 5.74) is 8.58. The second-order valence-corrected chi connectivity index (χ2v) is 13.1. The van der Waals surface area contributed by atoms with Crippen LogP contribution in [-0.2, 0) is 0 Å². The van der Waals surface area contributed by atoms with Crippen LogP contribution in [0, 0.1) is 0 Å². The molecule has 0 fully saturated rings. The van der Waals surface area contributed by atoms with Crippen molar-refractivity contribution in [3.05, 3.63) is 206 Å². The summed E-state index contributed by atoms with van der Waals surface area (Å²) in [7, 11) is 0. The Morgan fingerprint density at radius 2 is 0.655 bits per heavy atom. The molecule has 0 aliphatic heterocycles. The zero-order chi connectivity index (χ0) is 43.5. The van der Waals surface area contributed by atoms with Gasteiger partial charge in [0.2, 0.25) is 0 Å². The summed E-state index contributed by atoms with van der Waals surface area (Å²) in [6.45, 7) is 0. The summed E-state index contributed by atoms with van der Waals surface area (Å²) in [6.07, 6.45) is 0. The monoisotopic (exact) mass is 710 g/mol. The molecule has 10 rings (SSSR count). The molecule has 4 nitrogen and oxygen atoms in total. The van der Waals surface area contributed by atoms with Gasteiger partial charge in [0.1, 0.15) is 0 Å². The smallest absolute Gasteiger partial charge is 0.164 e. The summed E-state index contributed by atoms with van der Waals surface area (Å²) in [4.78, 5) is 14.6. The Bertz CT molecular complexity index is 3260. The van der Waals surface area contributed by atoms with Gasteiger partial charge in [0.15, 0.2) is 17.5 Å². The predicted octanol–water partition coefficient (Wildman–Crippen LogP) is 13.0. The van der Waals surface area contributed by atoms with E-state index in [9.17, 15) is 0 Å². The van der Waals surface area contributed by atoms with Crippen molar-refractivity contribution in [2.75, 3.05) is 0 Å². The number of rotatable bonds is 7. The highest BCUT2D eigenvalue weighted by atomic mass is 15.0. The van der Waals surface area contributed by atoms with Crippen LogP contribution in [0.2, 0.25) is 0 Å². The lowest BCUT2D eigenvalue weighted by molar-refractivity contribution is 1.07. The van der Waals surface area contributed by atoms with Gasteiger partial charge in [0.05, 0.1) is 22.0 Å². The van der Waals surface area contributed by atoms with Crippen molar-refractivity contribution in [1.29, 1.82) is 0 Å². The van der Waals surface area contributed by atoms with E-state index in [2.05, 4.69) is 0 Å². The number of fused-ring (bicyclic) bond motifs is 3. The van der Waals surface area contributed by atoms with Crippen LogP contribution in [0.1, 0.15) is 11.0 Å². The summed E-state index contributed by atoms with van der Waals surface area (Å²) in [6, 6.07) is 48.2. The first-order chi connectivity index (χ1) is 30.6. The number of aromatic nitrogens is 4. The first-order valence-electron chi connectivity index (χ1n) is 21.9. The molecule has 8 aromatic carbocycles. The topological polar surface area (TPSA) is 43.6 Å². The Hall–Kier alpha value is -7.43. The lowest BCUT2D eigenvalue weighted by atomic mass is 9.96. The van der Waals surface area contributed by atoms with E-state index in [1.807, 2.05) is 158 Å². The second-order valence-electron chi connectivity index (χ2n) is 13.1. The van der Waals surface area contributed by atoms with Gasteiger partial charge in [-0.15, -0.1) is 0 Å². The number of nitrogens with zero attached hydrogens (tertiary/aromatic N) is 4. The molecule has 0 aliphatic rings. The molecule has 0 saturated carbocycles. The quantitative estimate of drug-likeness (QED) is 0.165. The Morgan fingerprint density at radius 1 is 0.327 bits per heavy atom. The van der Waals surface area contributed by atoms with Crippen LogP contribution in [-0.4, -0.2) is 19.5 Å². The van der Waals surface area contributed by atoms with Gasteiger partial charge >= 0.3 is 0 Å². The zero-order valence-electron chi connectivity index (χ0n) is 37.3. The van der Waals surface area contributed by atoms with Gasteiger partial charge in [-0.25, -0.2) is 15.0 Å². The molecule has 2 aromatic heterocycles. The van der Waals surface area contributed by atoms with Gasteiger partial charge in [-0.05, 0) is 63.7 Å². The van der Waals surface area contributed by atoms with Crippen LogP contribution in [0.15, 0.2) is 206 Å². The Kier molecular flexibility index (Phi) is 6.23. The van der Waals surface area contributed by atoms with Gasteiger partial charge in [-0.3, -0.25) is 0 Å². The molecule has 4 heteroatoms. The van der Waals surface area contributed by atoms with Gasteiger partial charge in [0, 0.05) is 33.2 Å². The Labute approximate surface area is 331 Å². The highest BCUT2D eigenvalue weighted by Gasteiger charge is 2.15. The molecule has 55 heavy (non-hydrogen) atoms. The van der Waals surface area contributed by atoms with E-state index in [0.717, 1.165) is 50.1 Å². The molecule has 0 spiro atoms. The third kappa shape index (κ3) is 6.16. The maximum absolute atomic E-state index is 9.05. The van der Waals surface area contributed by atoms with Crippen LogP contribution < -0.4 is 0 Å². The fraction of sp³-hybridized carbons (Fsp3) is 0. The molecule has 0 atom stereocenters. The number of hydrogen-bond acceptors (Lipinski definition) is 3.